The van der Waals surface area contributed by atoms with Crippen LogP contribution in [0.4, 0.5) is 4.79 Å². The molecule has 0 aromatic heterocycles. The molecule has 4 heteroatoms. The molecule has 1 aliphatic carbocycles. The summed E-state index contributed by atoms with van der Waals surface area (Å²) < 4.78 is 0. The van der Waals surface area contributed by atoms with Gasteiger partial charge in [-0.1, -0.05) is 6.92 Å². The molecular weight excluding hydrogens is 154 g/mol. The van der Waals surface area contributed by atoms with Crippen molar-refractivity contribution in [3.8, 4) is 0 Å². The third-order valence-corrected chi connectivity index (χ3v) is 2.23. The van der Waals surface area contributed by atoms with Crippen molar-refractivity contribution >= 4 is 6.03 Å². The Morgan fingerprint density at radius 1 is 1.50 bits per heavy atom. The van der Waals surface area contributed by atoms with E-state index in [2.05, 4.69) is 17.6 Å². The van der Waals surface area contributed by atoms with Crippen molar-refractivity contribution in [3.63, 3.8) is 0 Å². The molecule has 0 aliphatic heterocycles. The maximum absolute atomic E-state index is 10.3. The molecule has 4 nitrogen and oxygen atoms in total. The van der Waals surface area contributed by atoms with Gasteiger partial charge in [0.05, 0.1) is 0 Å². The second-order valence-electron chi connectivity index (χ2n) is 3.52. The number of nitrogens with two attached hydrogens (primary N) is 1. The molecule has 4 N–H and O–H groups in total. The van der Waals surface area contributed by atoms with Crippen LogP contribution < -0.4 is 16.4 Å². The molecule has 2 amide bonds. The maximum Gasteiger partial charge on any atom is 0.312 e. The summed E-state index contributed by atoms with van der Waals surface area (Å²) in [6.07, 6.45) is 2.52. The van der Waals surface area contributed by atoms with Crippen molar-refractivity contribution in [3.05, 3.63) is 0 Å². The van der Waals surface area contributed by atoms with Crippen LogP contribution in [0.25, 0.3) is 0 Å². The molecule has 70 valence electrons. The summed E-state index contributed by atoms with van der Waals surface area (Å²) in [5.74, 6) is 0.867. The quantitative estimate of drug-likeness (QED) is 0.523. The highest BCUT2D eigenvalue weighted by Gasteiger charge is 2.23. The third kappa shape index (κ3) is 3.09. The van der Waals surface area contributed by atoms with Crippen molar-refractivity contribution in [1.82, 2.24) is 10.6 Å². The first-order chi connectivity index (χ1) is 5.68. The number of primary amides is 1. The average molecular weight is 171 g/mol. The van der Waals surface area contributed by atoms with Crippen molar-refractivity contribution in [2.24, 2.45) is 11.7 Å². The van der Waals surface area contributed by atoms with Gasteiger partial charge in [-0.25, -0.2) is 4.79 Å². The number of hydrogen-bond donors (Lipinski definition) is 3. The van der Waals surface area contributed by atoms with Crippen LogP contribution in [-0.2, 0) is 0 Å². The number of rotatable bonds is 4. The Morgan fingerprint density at radius 2 is 2.17 bits per heavy atom. The van der Waals surface area contributed by atoms with Crippen LogP contribution in [0, 0.1) is 5.92 Å². The van der Waals surface area contributed by atoms with Gasteiger partial charge >= 0.3 is 6.03 Å². The van der Waals surface area contributed by atoms with Crippen LogP contribution in [0.15, 0.2) is 0 Å². The van der Waals surface area contributed by atoms with E-state index in [0.717, 1.165) is 12.5 Å². The average Bonchev–Trinajstić information content (AvgIpc) is 1.93. The Morgan fingerprint density at radius 3 is 2.67 bits per heavy atom. The molecule has 0 spiro atoms. The maximum atomic E-state index is 10.3. The molecule has 0 heterocycles. The van der Waals surface area contributed by atoms with Gasteiger partial charge < -0.3 is 16.4 Å². The Kier molecular flexibility index (Phi) is 3.34. The van der Waals surface area contributed by atoms with E-state index in [-0.39, 0.29) is 0 Å². The number of nitrogens with one attached hydrogen (secondary N) is 2. The summed E-state index contributed by atoms with van der Waals surface area (Å²) in [6.45, 7) is 3.69. The van der Waals surface area contributed by atoms with Crippen LogP contribution in [0.1, 0.15) is 19.8 Å². The summed E-state index contributed by atoms with van der Waals surface area (Å²) in [5, 5.41) is 5.87. The highest BCUT2D eigenvalue weighted by atomic mass is 16.2. The lowest BCUT2D eigenvalue weighted by Crippen LogP contribution is -2.44. The molecular formula is C8H17N3O. The molecule has 1 aliphatic rings. The Hall–Kier alpha value is -0.770. The second kappa shape index (κ2) is 4.30. The molecule has 0 bridgehead atoms. The van der Waals surface area contributed by atoms with Gasteiger partial charge in [0.25, 0.3) is 0 Å². The number of urea groups is 1. The number of carbonyl (C=O) groups excluding carboxylic acids is 1. The van der Waals surface area contributed by atoms with Crippen LogP contribution in [0.3, 0.4) is 0 Å². The molecule has 1 fully saturated rings. The van der Waals surface area contributed by atoms with Crippen molar-refractivity contribution in [2.45, 2.75) is 25.8 Å². The number of amides is 2. The minimum absolute atomic E-state index is 0.446. The van der Waals surface area contributed by atoms with E-state index in [1.165, 1.54) is 12.8 Å². The molecule has 1 rings (SSSR count). The third-order valence-electron chi connectivity index (χ3n) is 2.23. The number of carbonyl (C=O) groups is 1. The predicted molar refractivity (Wildman–Crippen MR) is 47.8 cm³/mol. The van der Waals surface area contributed by atoms with Gasteiger partial charge in [-0.3, -0.25) is 0 Å². The minimum Gasteiger partial charge on any atom is -0.352 e. The van der Waals surface area contributed by atoms with Gasteiger partial charge in [0.1, 0.15) is 0 Å². The molecule has 0 atom stereocenters. The zero-order valence-corrected chi connectivity index (χ0v) is 7.47. The molecule has 1 saturated carbocycles. The zero-order chi connectivity index (χ0) is 8.97. The molecule has 0 saturated heterocycles. The summed E-state index contributed by atoms with van der Waals surface area (Å²) in [7, 11) is 0. The fourth-order valence-electron chi connectivity index (χ4n) is 1.53. The van der Waals surface area contributed by atoms with E-state index in [1.54, 1.807) is 0 Å². The lowest BCUT2D eigenvalue weighted by atomic mass is 9.82. The van der Waals surface area contributed by atoms with Crippen LogP contribution in [0.2, 0.25) is 0 Å². The molecule has 0 aromatic rings. The summed E-state index contributed by atoms with van der Waals surface area (Å²) in [5.41, 5.74) is 4.90. The smallest absolute Gasteiger partial charge is 0.312 e. The Balaban J connectivity index is 1.87. The highest BCUT2D eigenvalue weighted by molar-refractivity contribution is 5.71. The first-order valence-corrected chi connectivity index (χ1v) is 4.45. The first kappa shape index (κ1) is 9.32. The van der Waals surface area contributed by atoms with Gasteiger partial charge in [-0.05, 0) is 18.8 Å². The summed E-state index contributed by atoms with van der Waals surface area (Å²) in [4.78, 5) is 10.3. The lowest BCUT2D eigenvalue weighted by molar-refractivity contribution is 0.237. The lowest BCUT2D eigenvalue weighted by Gasteiger charge is -2.33. The van der Waals surface area contributed by atoms with Gasteiger partial charge in [0.15, 0.2) is 0 Å². The predicted octanol–water partition coefficient (Wildman–Crippen LogP) is 0.0428. The fourth-order valence-corrected chi connectivity index (χ4v) is 1.53. The van der Waals surface area contributed by atoms with E-state index in [1.807, 2.05) is 0 Å². The fraction of sp³-hybridized carbons (Fsp3) is 0.875. The number of hydrogen-bond acceptors (Lipinski definition) is 2. The van der Waals surface area contributed by atoms with Gasteiger partial charge in [-0.2, -0.15) is 0 Å². The molecule has 0 unspecified atom stereocenters. The van der Waals surface area contributed by atoms with Crippen LogP contribution >= 0.6 is 0 Å². The van der Waals surface area contributed by atoms with E-state index in [0.29, 0.717) is 12.6 Å². The van der Waals surface area contributed by atoms with Gasteiger partial charge in [0, 0.05) is 19.1 Å². The summed E-state index contributed by atoms with van der Waals surface area (Å²) in [6, 6.07) is 0.216. The van der Waals surface area contributed by atoms with Crippen LogP contribution in [0.5, 0.6) is 0 Å². The topological polar surface area (TPSA) is 67.2 Å². The monoisotopic (exact) mass is 171 g/mol. The Bertz CT molecular complexity index is 154. The molecule has 12 heavy (non-hydrogen) atoms. The standard InChI is InChI=1S/C8H17N3O/c1-6-4-7(5-6)10-2-3-11-8(9)12/h6-7,10H,2-5H2,1H3,(H3,9,11,12). The molecule has 0 radical (unpaired) electrons. The van der Waals surface area contributed by atoms with E-state index < -0.39 is 6.03 Å². The van der Waals surface area contributed by atoms with Crippen LogP contribution in [-0.4, -0.2) is 25.2 Å². The largest absolute Gasteiger partial charge is 0.352 e. The van der Waals surface area contributed by atoms with E-state index in [4.69, 9.17) is 5.73 Å². The van der Waals surface area contributed by atoms with Gasteiger partial charge in [-0.15, -0.1) is 0 Å². The minimum atomic E-state index is -0.446. The van der Waals surface area contributed by atoms with Crippen molar-refractivity contribution < 1.29 is 4.79 Å². The summed E-state index contributed by atoms with van der Waals surface area (Å²) >= 11 is 0. The van der Waals surface area contributed by atoms with Crippen molar-refractivity contribution in [2.75, 3.05) is 13.1 Å². The first-order valence-electron chi connectivity index (χ1n) is 4.45. The SMILES string of the molecule is CC1CC(NCCNC(N)=O)C1. The van der Waals surface area contributed by atoms with E-state index >= 15 is 0 Å². The van der Waals surface area contributed by atoms with Crippen molar-refractivity contribution in [1.29, 1.82) is 0 Å². The van der Waals surface area contributed by atoms with E-state index in [9.17, 15) is 4.79 Å². The Labute approximate surface area is 72.9 Å². The second-order valence-corrected chi connectivity index (χ2v) is 3.52. The van der Waals surface area contributed by atoms with Gasteiger partial charge in [0.2, 0.25) is 0 Å². The molecule has 0 aromatic carbocycles. The zero-order valence-electron chi connectivity index (χ0n) is 7.47. The highest BCUT2D eigenvalue weighted by Crippen LogP contribution is 2.25. The normalized spacial score (nSPS) is 27.8.